The first-order chi connectivity index (χ1) is 7.62. The van der Waals surface area contributed by atoms with Crippen LogP contribution in [0.25, 0.3) is 0 Å². The van der Waals surface area contributed by atoms with Gasteiger partial charge in [-0.15, -0.1) is 0 Å². The van der Waals surface area contributed by atoms with E-state index in [9.17, 15) is 5.11 Å². The Hall–Kier alpha value is -0.340. The minimum absolute atomic E-state index is 0.466. The Morgan fingerprint density at radius 2 is 1.94 bits per heavy atom. The Balaban J connectivity index is 1.97. The number of aliphatic hydroxyl groups is 1. The lowest BCUT2D eigenvalue weighted by atomic mass is 9.79. The van der Waals surface area contributed by atoms with Crippen LogP contribution in [0.5, 0.6) is 0 Å². The van der Waals surface area contributed by atoms with Crippen LogP contribution in [-0.4, -0.2) is 34.7 Å². The van der Waals surface area contributed by atoms with Crippen molar-refractivity contribution in [3.05, 3.63) is 11.6 Å². The highest BCUT2D eigenvalue weighted by molar-refractivity contribution is 5.19. The third-order valence-electron chi connectivity index (χ3n) is 4.24. The molecule has 16 heavy (non-hydrogen) atoms. The molecule has 0 radical (unpaired) electrons. The van der Waals surface area contributed by atoms with Gasteiger partial charge in [-0.25, -0.2) is 0 Å². The molecule has 0 spiro atoms. The van der Waals surface area contributed by atoms with Gasteiger partial charge in [-0.1, -0.05) is 6.08 Å². The summed E-state index contributed by atoms with van der Waals surface area (Å²) in [5, 5.41) is 10.7. The predicted octanol–water partition coefficient (Wildman–Crippen LogP) is 2.72. The summed E-state index contributed by atoms with van der Waals surface area (Å²) < 4.78 is 0. The highest BCUT2D eigenvalue weighted by Crippen LogP contribution is 2.35. The minimum Gasteiger partial charge on any atom is -0.385 e. The zero-order valence-electron chi connectivity index (χ0n) is 10.7. The molecule has 1 heterocycles. The summed E-state index contributed by atoms with van der Waals surface area (Å²) in [7, 11) is 0. The average molecular weight is 223 g/mol. The SMILES string of the molecule is CC(C)N1CCC(O)(C2=CCCCC2)CC1. The highest BCUT2D eigenvalue weighted by Gasteiger charge is 2.36. The van der Waals surface area contributed by atoms with Crippen molar-refractivity contribution in [3.8, 4) is 0 Å². The van der Waals surface area contributed by atoms with E-state index in [1.165, 1.54) is 24.8 Å². The smallest absolute Gasteiger partial charge is 0.0881 e. The van der Waals surface area contributed by atoms with Gasteiger partial charge in [0.15, 0.2) is 0 Å². The molecule has 2 aliphatic rings. The molecular formula is C14H25NO. The average Bonchev–Trinajstić information content (AvgIpc) is 2.31. The molecule has 2 heteroatoms. The van der Waals surface area contributed by atoms with Crippen LogP contribution in [0.4, 0.5) is 0 Å². The summed E-state index contributed by atoms with van der Waals surface area (Å²) >= 11 is 0. The van der Waals surface area contributed by atoms with Gasteiger partial charge in [0.25, 0.3) is 0 Å². The fourth-order valence-electron chi connectivity index (χ4n) is 2.99. The molecule has 1 aliphatic heterocycles. The molecule has 92 valence electrons. The van der Waals surface area contributed by atoms with Gasteiger partial charge in [0.2, 0.25) is 0 Å². The lowest BCUT2D eigenvalue weighted by Gasteiger charge is -2.42. The molecule has 1 aliphatic carbocycles. The molecule has 0 aromatic heterocycles. The molecule has 1 fully saturated rings. The summed E-state index contributed by atoms with van der Waals surface area (Å²) in [6, 6.07) is 0.616. The van der Waals surface area contributed by atoms with Crippen molar-refractivity contribution in [3.63, 3.8) is 0 Å². The van der Waals surface area contributed by atoms with E-state index in [1.807, 2.05) is 0 Å². The molecule has 2 rings (SSSR count). The number of hydrogen-bond donors (Lipinski definition) is 1. The van der Waals surface area contributed by atoms with Crippen LogP contribution in [0, 0.1) is 0 Å². The third kappa shape index (κ3) is 2.49. The lowest BCUT2D eigenvalue weighted by molar-refractivity contribution is -0.00216. The van der Waals surface area contributed by atoms with Gasteiger partial charge in [0.05, 0.1) is 5.60 Å². The number of piperidine rings is 1. The summed E-state index contributed by atoms with van der Waals surface area (Å²) in [6.45, 7) is 6.57. The topological polar surface area (TPSA) is 23.5 Å². The van der Waals surface area contributed by atoms with Gasteiger partial charge in [0, 0.05) is 19.1 Å². The number of nitrogens with zero attached hydrogens (tertiary/aromatic N) is 1. The fourth-order valence-corrected chi connectivity index (χ4v) is 2.99. The van der Waals surface area contributed by atoms with Gasteiger partial charge in [-0.05, 0) is 57.9 Å². The largest absolute Gasteiger partial charge is 0.385 e. The molecular weight excluding hydrogens is 198 g/mol. The van der Waals surface area contributed by atoms with Crippen LogP contribution < -0.4 is 0 Å². The number of allylic oxidation sites excluding steroid dienone is 1. The number of rotatable bonds is 2. The maximum absolute atomic E-state index is 10.7. The molecule has 0 saturated carbocycles. The maximum Gasteiger partial charge on any atom is 0.0881 e. The van der Waals surface area contributed by atoms with E-state index in [2.05, 4.69) is 24.8 Å². The monoisotopic (exact) mass is 223 g/mol. The first-order valence-corrected chi connectivity index (χ1v) is 6.78. The predicted molar refractivity (Wildman–Crippen MR) is 67.4 cm³/mol. The molecule has 0 aromatic carbocycles. The van der Waals surface area contributed by atoms with Crippen molar-refractivity contribution in [2.24, 2.45) is 0 Å². The van der Waals surface area contributed by atoms with E-state index in [0.29, 0.717) is 6.04 Å². The maximum atomic E-state index is 10.7. The molecule has 1 N–H and O–H groups in total. The number of hydrogen-bond acceptors (Lipinski definition) is 2. The minimum atomic E-state index is -0.466. The standard InChI is InChI=1S/C14H25NO/c1-12(2)15-10-8-14(16,9-11-15)13-6-4-3-5-7-13/h6,12,16H,3-5,7-11H2,1-2H3. The molecule has 2 nitrogen and oxygen atoms in total. The molecule has 0 aromatic rings. The van der Waals surface area contributed by atoms with Gasteiger partial charge >= 0.3 is 0 Å². The highest BCUT2D eigenvalue weighted by atomic mass is 16.3. The second-order valence-electron chi connectivity index (χ2n) is 5.64. The first kappa shape index (κ1) is 12.1. The van der Waals surface area contributed by atoms with E-state index in [0.717, 1.165) is 32.4 Å². The molecule has 0 unspecified atom stereocenters. The van der Waals surface area contributed by atoms with Crippen molar-refractivity contribution < 1.29 is 5.11 Å². The van der Waals surface area contributed by atoms with Crippen molar-refractivity contribution in [2.75, 3.05) is 13.1 Å². The Morgan fingerprint density at radius 3 is 2.44 bits per heavy atom. The summed E-state index contributed by atoms with van der Waals surface area (Å²) in [5.41, 5.74) is 0.869. The molecule has 0 bridgehead atoms. The van der Waals surface area contributed by atoms with E-state index < -0.39 is 5.60 Å². The van der Waals surface area contributed by atoms with E-state index in [-0.39, 0.29) is 0 Å². The Bertz CT molecular complexity index is 262. The normalized spacial score (nSPS) is 26.9. The summed E-state index contributed by atoms with van der Waals surface area (Å²) in [4.78, 5) is 2.47. The van der Waals surface area contributed by atoms with Crippen molar-refractivity contribution in [1.82, 2.24) is 4.90 Å². The zero-order chi connectivity index (χ0) is 11.6. The van der Waals surface area contributed by atoms with Gasteiger partial charge in [-0.3, -0.25) is 0 Å². The van der Waals surface area contributed by atoms with Crippen LogP contribution in [0.3, 0.4) is 0 Å². The van der Waals surface area contributed by atoms with Crippen LogP contribution in [0.2, 0.25) is 0 Å². The second-order valence-corrected chi connectivity index (χ2v) is 5.64. The van der Waals surface area contributed by atoms with Crippen LogP contribution in [0.1, 0.15) is 52.4 Å². The van der Waals surface area contributed by atoms with Crippen LogP contribution >= 0.6 is 0 Å². The third-order valence-corrected chi connectivity index (χ3v) is 4.24. The summed E-state index contributed by atoms with van der Waals surface area (Å²) in [5.74, 6) is 0. The Labute approximate surface area is 99.3 Å². The molecule has 0 amide bonds. The molecule has 0 atom stereocenters. The summed E-state index contributed by atoms with van der Waals surface area (Å²) in [6.07, 6.45) is 9.02. The van der Waals surface area contributed by atoms with E-state index in [4.69, 9.17) is 0 Å². The van der Waals surface area contributed by atoms with Gasteiger partial charge in [-0.2, -0.15) is 0 Å². The molecule has 1 saturated heterocycles. The Morgan fingerprint density at radius 1 is 1.25 bits per heavy atom. The van der Waals surface area contributed by atoms with Crippen LogP contribution in [0.15, 0.2) is 11.6 Å². The first-order valence-electron chi connectivity index (χ1n) is 6.78. The number of likely N-dealkylation sites (tertiary alicyclic amines) is 1. The van der Waals surface area contributed by atoms with Crippen molar-refractivity contribution >= 4 is 0 Å². The van der Waals surface area contributed by atoms with Gasteiger partial charge in [0.1, 0.15) is 0 Å². The lowest BCUT2D eigenvalue weighted by Crippen LogP contribution is -2.47. The van der Waals surface area contributed by atoms with E-state index >= 15 is 0 Å². The van der Waals surface area contributed by atoms with Crippen molar-refractivity contribution in [2.45, 2.75) is 64.0 Å². The van der Waals surface area contributed by atoms with E-state index in [1.54, 1.807) is 0 Å². The van der Waals surface area contributed by atoms with Gasteiger partial charge < -0.3 is 10.0 Å². The van der Waals surface area contributed by atoms with Crippen molar-refractivity contribution in [1.29, 1.82) is 0 Å². The second kappa shape index (κ2) is 4.89. The van der Waals surface area contributed by atoms with Crippen LogP contribution in [-0.2, 0) is 0 Å². The zero-order valence-corrected chi connectivity index (χ0v) is 10.7. The fraction of sp³-hybridized carbons (Fsp3) is 0.857. The quantitative estimate of drug-likeness (QED) is 0.728. The Kier molecular flexibility index (Phi) is 3.70.